The normalized spacial score (nSPS) is 15.6. The topological polar surface area (TPSA) is 46.6 Å². The number of rotatable bonds is 6. The molecule has 1 aliphatic rings. The minimum atomic E-state index is -0.484. The molecule has 2 aromatic carbocycles. The number of methoxy groups -OCH3 is 1. The van der Waals surface area contributed by atoms with Gasteiger partial charge in [0.1, 0.15) is 5.82 Å². The van der Waals surface area contributed by atoms with E-state index in [0.29, 0.717) is 15.7 Å². The number of ether oxygens (including phenoxy) is 1. The molecule has 31 heavy (non-hydrogen) atoms. The molecule has 0 aromatic heterocycles. The summed E-state index contributed by atoms with van der Waals surface area (Å²) in [4.78, 5) is 26.8. The quantitative estimate of drug-likeness (QED) is 0.347. The average molecular weight is 488 g/mol. The molecule has 1 atom stereocenters. The molecule has 1 saturated carbocycles. The summed E-state index contributed by atoms with van der Waals surface area (Å²) in [5.74, 6) is -0.858. The van der Waals surface area contributed by atoms with Crippen LogP contribution in [0.5, 0.6) is 0 Å². The third-order valence-corrected chi connectivity index (χ3v) is 6.25. The van der Waals surface area contributed by atoms with Gasteiger partial charge in [-0.05, 0) is 55.7 Å². The highest BCUT2D eigenvalue weighted by Gasteiger charge is 2.31. The molecule has 0 spiro atoms. The molecular formula is C25H27BrFNO3. The maximum Gasteiger partial charge on any atom is 0.330 e. The lowest BCUT2D eigenvalue weighted by Crippen LogP contribution is -2.39. The average Bonchev–Trinajstić information content (AvgIpc) is 2.78. The van der Waals surface area contributed by atoms with Crippen molar-refractivity contribution in [3.63, 3.8) is 0 Å². The molecule has 1 unspecified atom stereocenters. The van der Waals surface area contributed by atoms with Crippen molar-refractivity contribution in [1.82, 2.24) is 0 Å². The van der Waals surface area contributed by atoms with E-state index in [1.165, 1.54) is 19.3 Å². The third kappa shape index (κ3) is 5.82. The number of anilines is 1. The predicted molar refractivity (Wildman–Crippen MR) is 124 cm³/mol. The van der Waals surface area contributed by atoms with Crippen LogP contribution in [-0.2, 0) is 14.3 Å². The fourth-order valence-electron chi connectivity index (χ4n) is 4.08. The highest BCUT2D eigenvalue weighted by molar-refractivity contribution is 9.10. The molecule has 0 aliphatic heterocycles. The standard InChI is InChI=1S/C25H27BrFNO3/c1-17(22-13-12-20(26)16-23(22)27)28(25(30)19-8-4-3-5-9-19)21-10-6-7-18(15-21)11-14-24(29)31-2/h6-7,10-17,19H,3-5,8-9H2,1-2H3/b14-11+. The van der Waals surface area contributed by atoms with Gasteiger partial charge in [-0.15, -0.1) is 0 Å². The number of halogens is 2. The number of nitrogens with zero attached hydrogens (tertiary/aromatic N) is 1. The maximum absolute atomic E-state index is 14.8. The van der Waals surface area contributed by atoms with Crippen LogP contribution in [0.2, 0.25) is 0 Å². The molecule has 0 saturated heterocycles. The fraction of sp³-hybridized carbons (Fsp3) is 0.360. The fourth-order valence-corrected chi connectivity index (χ4v) is 4.41. The van der Waals surface area contributed by atoms with E-state index in [2.05, 4.69) is 20.7 Å². The number of hydrogen-bond donors (Lipinski definition) is 0. The second-order valence-electron chi connectivity index (χ2n) is 7.84. The van der Waals surface area contributed by atoms with Crippen molar-refractivity contribution in [2.75, 3.05) is 12.0 Å². The lowest BCUT2D eigenvalue weighted by molar-refractivity contribution is -0.134. The van der Waals surface area contributed by atoms with Crippen LogP contribution in [0, 0.1) is 11.7 Å². The summed E-state index contributed by atoms with van der Waals surface area (Å²) < 4.78 is 20.1. The first-order chi connectivity index (χ1) is 14.9. The van der Waals surface area contributed by atoms with Crippen LogP contribution in [0.3, 0.4) is 0 Å². The maximum atomic E-state index is 14.8. The summed E-state index contributed by atoms with van der Waals surface area (Å²) in [6, 6.07) is 11.8. The molecule has 6 heteroatoms. The summed E-state index contributed by atoms with van der Waals surface area (Å²) in [5, 5.41) is 0. The second kappa shape index (κ2) is 10.7. The Morgan fingerprint density at radius 1 is 1.16 bits per heavy atom. The Bertz CT molecular complexity index is 969. The van der Waals surface area contributed by atoms with Gasteiger partial charge in [-0.2, -0.15) is 0 Å². The monoisotopic (exact) mass is 487 g/mol. The first-order valence-electron chi connectivity index (χ1n) is 10.5. The van der Waals surface area contributed by atoms with Gasteiger partial charge in [-0.1, -0.05) is 53.4 Å². The molecule has 0 radical (unpaired) electrons. The van der Waals surface area contributed by atoms with E-state index in [4.69, 9.17) is 0 Å². The van der Waals surface area contributed by atoms with Crippen LogP contribution in [0.15, 0.2) is 53.0 Å². The van der Waals surface area contributed by atoms with E-state index in [1.54, 1.807) is 23.1 Å². The van der Waals surface area contributed by atoms with Crippen molar-refractivity contribution in [2.24, 2.45) is 5.92 Å². The van der Waals surface area contributed by atoms with E-state index < -0.39 is 12.0 Å². The lowest BCUT2D eigenvalue weighted by Gasteiger charge is -2.34. The molecule has 4 nitrogen and oxygen atoms in total. The zero-order valence-corrected chi connectivity index (χ0v) is 19.4. The van der Waals surface area contributed by atoms with E-state index in [-0.39, 0.29) is 17.6 Å². The van der Waals surface area contributed by atoms with Gasteiger partial charge in [0.2, 0.25) is 5.91 Å². The highest BCUT2D eigenvalue weighted by Crippen LogP contribution is 2.35. The number of carbonyl (C=O) groups is 2. The molecule has 1 fully saturated rings. The first kappa shape index (κ1) is 23.2. The zero-order chi connectivity index (χ0) is 22.4. The van der Waals surface area contributed by atoms with Crippen LogP contribution in [0.4, 0.5) is 10.1 Å². The first-order valence-corrected chi connectivity index (χ1v) is 11.3. The Kier molecular flexibility index (Phi) is 8.02. The van der Waals surface area contributed by atoms with Crippen molar-refractivity contribution in [1.29, 1.82) is 0 Å². The van der Waals surface area contributed by atoms with E-state index >= 15 is 0 Å². The Labute approximate surface area is 191 Å². The van der Waals surface area contributed by atoms with Gasteiger partial charge in [0.05, 0.1) is 13.2 Å². The molecule has 3 rings (SSSR count). The van der Waals surface area contributed by atoms with Crippen LogP contribution in [-0.4, -0.2) is 19.0 Å². The zero-order valence-electron chi connectivity index (χ0n) is 17.8. The number of benzene rings is 2. The largest absolute Gasteiger partial charge is 0.466 e. The number of amides is 1. The Morgan fingerprint density at radius 2 is 1.90 bits per heavy atom. The minimum absolute atomic E-state index is 0.0172. The van der Waals surface area contributed by atoms with Gasteiger partial charge in [0.15, 0.2) is 0 Å². The van der Waals surface area contributed by atoms with Crippen LogP contribution < -0.4 is 4.90 Å². The van der Waals surface area contributed by atoms with Gasteiger partial charge >= 0.3 is 5.97 Å². The van der Waals surface area contributed by atoms with Crippen molar-refractivity contribution in [2.45, 2.75) is 45.1 Å². The molecule has 164 valence electrons. The SMILES string of the molecule is COC(=O)/C=C/c1cccc(N(C(=O)C2CCCCC2)C(C)c2ccc(Br)cc2F)c1. The minimum Gasteiger partial charge on any atom is -0.466 e. The summed E-state index contributed by atoms with van der Waals surface area (Å²) in [6.07, 6.45) is 7.90. The lowest BCUT2D eigenvalue weighted by atomic mass is 9.87. The molecule has 2 aromatic rings. The van der Waals surface area contributed by atoms with Crippen molar-refractivity contribution < 1.29 is 18.7 Å². The van der Waals surface area contributed by atoms with Crippen LogP contribution in [0.25, 0.3) is 6.08 Å². The molecule has 0 N–H and O–H groups in total. The van der Waals surface area contributed by atoms with E-state index in [9.17, 15) is 14.0 Å². The van der Waals surface area contributed by atoms with E-state index in [1.807, 2.05) is 31.2 Å². The number of hydrogen-bond acceptors (Lipinski definition) is 3. The van der Waals surface area contributed by atoms with Gasteiger partial charge < -0.3 is 9.64 Å². The Morgan fingerprint density at radius 3 is 2.58 bits per heavy atom. The summed E-state index contributed by atoms with van der Waals surface area (Å²) >= 11 is 3.30. The van der Waals surface area contributed by atoms with Crippen molar-refractivity contribution in [3.05, 3.63) is 70.0 Å². The van der Waals surface area contributed by atoms with Crippen LogP contribution in [0.1, 0.15) is 56.2 Å². The van der Waals surface area contributed by atoms with Gasteiger partial charge in [0, 0.05) is 27.7 Å². The predicted octanol–water partition coefficient (Wildman–Crippen LogP) is 6.45. The van der Waals surface area contributed by atoms with Crippen molar-refractivity contribution in [3.8, 4) is 0 Å². The molecule has 0 heterocycles. The summed E-state index contributed by atoms with van der Waals surface area (Å²) in [7, 11) is 1.32. The van der Waals surface area contributed by atoms with E-state index in [0.717, 1.165) is 37.7 Å². The summed E-state index contributed by atoms with van der Waals surface area (Å²) in [5.41, 5.74) is 1.90. The van der Waals surface area contributed by atoms with Gasteiger partial charge in [0.25, 0.3) is 0 Å². The summed E-state index contributed by atoms with van der Waals surface area (Å²) in [6.45, 7) is 1.85. The Hall–Kier alpha value is -2.47. The third-order valence-electron chi connectivity index (χ3n) is 5.75. The molecular weight excluding hydrogens is 461 g/mol. The number of esters is 1. The smallest absolute Gasteiger partial charge is 0.330 e. The van der Waals surface area contributed by atoms with Gasteiger partial charge in [-0.25, -0.2) is 9.18 Å². The molecule has 1 amide bonds. The Balaban J connectivity index is 2.00. The van der Waals surface area contributed by atoms with Crippen molar-refractivity contribution >= 4 is 39.6 Å². The molecule has 1 aliphatic carbocycles. The van der Waals surface area contributed by atoms with Gasteiger partial charge in [-0.3, -0.25) is 4.79 Å². The number of carbonyl (C=O) groups excluding carboxylic acids is 2. The van der Waals surface area contributed by atoms with Crippen LogP contribution >= 0.6 is 15.9 Å². The second-order valence-corrected chi connectivity index (χ2v) is 8.75. The molecule has 0 bridgehead atoms. The highest BCUT2D eigenvalue weighted by atomic mass is 79.9.